The number of para-hydroxylation sites is 1. The van der Waals surface area contributed by atoms with Crippen molar-refractivity contribution in [3.05, 3.63) is 29.8 Å². The Labute approximate surface area is 174 Å². The van der Waals surface area contributed by atoms with Crippen LogP contribution in [0.5, 0.6) is 5.75 Å². The molecule has 148 valence electrons. The predicted octanol–water partition coefficient (Wildman–Crippen LogP) is 2.48. The third kappa shape index (κ3) is 8.55. The molecule has 26 heavy (non-hydrogen) atoms. The Morgan fingerprint density at radius 2 is 2.00 bits per heavy atom. The van der Waals surface area contributed by atoms with Gasteiger partial charge in [-0.1, -0.05) is 18.2 Å². The third-order valence-electron chi connectivity index (χ3n) is 3.92. The lowest BCUT2D eigenvalue weighted by molar-refractivity contribution is 0.0322. The summed E-state index contributed by atoms with van der Waals surface area (Å²) < 4.78 is 11.4. The molecule has 2 rings (SSSR count). The minimum atomic E-state index is 0. The van der Waals surface area contributed by atoms with Crippen LogP contribution in [0.3, 0.4) is 0 Å². The highest BCUT2D eigenvalue weighted by Crippen LogP contribution is 2.19. The molecule has 1 aliphatic rings. The minimum absolute atomic E-state index is 0. The van der Waals surface area contributed by atoms with Crippen LogP contribution in [0.1, 0.15) is 26.3 Å². The molecule has 0 aromatic heterocycles. The lowest BCUT2D eigenvalue weighted by Gasteiger charge is -2.26. The number of hydrogen-bond donors (Lipinski definition) is 2. The van der Waals surface area contributed by atoms with Gasteiger partial charge in [0.25, 0.3) is 0 Å². The molecule has 1 aliphatic heterocycles. The Bertz CT molecular complexity index is 534. The second-order valence-electron chi connectivity index (χ2n) is 6.40. The number of ether oxygens (including phenoxy) is 2. The maximum atomic E-state index is 6.02. The fourth-order valence-corrected chi connectivity index (χ4v) is 2.64. The molecule has 0 bridgehead atoms. The minimum Gasteiger partial charge on any atom is -0.492 e. The van der Waals surface area contributed by atoms with E-state index < -0.39 is 0 Å². The number of aliphatic imine (C=N–C) groups is 1. The Morgan fingerprint density at radius 3 is 2.69 bits per heavy atom. The van der Waals surface area contributed by atoms with E-state index in [9.17, 15) is 0 Å². The molecule has 0 amide bonds. The molecule has 6 nitrogen and oxygen atoms in total. The SMILES string of the molecule is CCNC(=NCc1ccccc1OCCN1CCOCC1)NC(C)C.I. The molecule has 2 N–H and O–H groups in total. The van der Waals surface area contributed by atoms with Gasteiger partial charge in [-0.2, -0.15) is 0 Å². The average Bonchev–Trinajstić information content (AvgIpc) is 2.61. The van der Waals surface area contributed by atoms with Crippen LogP contribution >= 0.6 is 24.0 Å². The second-order valence-corrected chi connectivity index (χ2v) is 6.40. The summed E-state index contributed by atoms with van der Waals surface area (Å²) in [5.41, 5.74) is 1.10. The lowest BCUT2D eigenvalue weighted by Crippen LogP contribution is -2.41. The van der Waals surface area contributed by atoms with Crippen LogP contribution < -0.4 is 15.4 Å². The average molecular weight is 476 g/mol. The number of nitrogens with zero attached hydrogens (tertiary/aromatic N) is 2. The zero-order valence-electron chi connectivity index (χ0n) is 16.2. The molecule has 7 heteroatoms. The number of morpholine rings is 1. The fourth-order valence-electron chi connectivity index (χ4n) is 2.64. The van der Waals surface area contributed by atoms with Gasteiger partial charge in [0.2, 0.25) is 0 Å². The zero-order chi connectivity index (χ0) is 17.9. The zero-order valence-corrected chi connectivity index (χ0v) is 18.5. The molecule has 0 aliphatic carbocycles. The van der Waals surface area contributed by atoms with E-state index in [0.717, 1.165) is 56.7 Å². The number of guanidine groups is 1. The molecule has 1 saturated heterocycles. The van der Waals surface area contributed by atoms with Crippen LogP contribution in [0.4, 0.5) is 0 Å². The van der Waals surface area contributed by atoms with Gasteiger partial charge in [0.15, 0.2) is 5.96 Å². The Balaban J connectivity index is 0.00000338. The first-order valence-corrected chi connectivity index (χ1v) is 9.24. The van der Waals surface area contributed by atoms with Crippen LogP contribution in [0, 0.1) is 0 Å². The smallest absolute Gasteiger partial charge is 0.191 e. The Morgan fingerprint density at radius 1 is 1.27 bits per heavy atom. The molecule has 1 fully saturated rings. The number of hydrogen-bond acceptors (Lipinski definition) is 4. The summed E-state index contributed by atoms with van der Waals surface area (Å²) in [5, 5.41) is 6.61. The summed E-state index contributed by atoms with van der Waals surface area (Å²) in [6, 6.07) is 8.48. The second kappa shape index (κ2) is 13.2. The standard InChI is InChI=1S/C19H32N4O2.HI/c1-4-20-19(22-16(2)3)21-15-17-7-5-6-8-18(17)25-14-11-23-9-12-24-13-10-23;/h5-8,16H,4,9-15H2,1-3H3,(H2,20,21,22);1H. The van der Waals surface area contributed by atoms with Crippen molar-refractivity contribution < 1.29 is 9.47 Å². The molecular formula is C19H33IN4O2. The molecule has 0 radical (unpaired) electrons. The molecular weight excluding hydrogens is 443 g/mol. The maximum absolute atomic E-state index is 6.02. The van der Waals surface area contributed by atoms with Crippen LogP contribution in [0.25, 0.3) is 0 Å². The largest absolute Gasteiger partial charge is 0.492 e. The monoisotopic (exact) mass is 476 g/mol. The fraction of sp³-hybridized carbons (Fsp3) is 0.632. The van der Waals surface area contributed by atoms with Gasteiger partial charge in [0.1, 0.15) is 12.4 Å². The van der Waals surface area contributed by atoms with Gasteiger partial charge in [-0.15, -0.1) is 24.0 Å². The first kappa shape index (κ1) is 23.0. The first-order valence-electron chi connectivity index (χ1n) is 9.24. The molecule has 0 spiro atoms. The molecule has 1 heterocycles. The van der Waals surface area contributed by atoms with Gasteiger partial charge in [-0.05, 0) is 26.8 Å². The van der Waals surface area contributed by atoms with Crippen molar-refractivity contribution in [2.75, 3.05) is 46.0 Å². The van der Waals surface area contributed by atoms with Crippen molar-refractivity contribution in [2.45, 2.75) is 33.4 Å². The van der Waals surface area contributed by atoms with Gasteiger partial charge >= 0.3 is 0 Å². The van der Waals surface area contributed by atoms with E-state index in [1.807, 2.05) is 18.2 Å². The molecule has 0 saturated carbocycles. The molecule has 0 unspecified atom stereocenters. The van der Waals surface area contributed by atoms with Crippen molar-refractivity contribution in [1.29, 1.82) is 0 Å². The third-order valence-corrected chi connectivity index (χ3v) is 3.92. The summed E-state index contributed by atoms with van der Waals surface area (Å²) >= 11 is 0. The summed E-state index contributed by atoms with van der Waals surface area (Å²) in [5.74, 6) is 1.75. The highest BCUT2D eigenvalue weighted by molar-refractivity contribution is 14.0. The summed E-state index contributed by atoms with van der Waals surface area (Å²) in [4.78, 5) is 7.05. The highest BCUT2D eigenvalue weighted by atomic mass is 127. The van der Waals surface area contributed by atoms with Crippen molar-refractivity contribution in [1.82, 2.24) is 15.5 Å². The number of benzene rings is 1. The Kier molecular flexibility index (Phi) is 11.6. The van der Waals surface area contributed by atoms with Gasteiger partial charge in [-0.3, -0.25) is 4.90 Å². The Hall–Kier alpha value is -1.06. The van der Waals surface area contributed by atoms with Crippen LogP contribution in [-0.4, -0.2) is 62.9 Å². The van der Waals surface area contributed by atoms with Gasteiger partial charge in [0.05, 0.1) is 19.8 Å². The summed E-state index contributed by atoms with van der Waals surface area (Å²) in [6.07, 6.45) is 0. The number of rotatable bonds is 8. The highest BCUT2D eigenvalue weighted by Gasteiger charge is 2.10. The molecule has 1 aromatic carbocycles. The summed E-state index contributed by atoms with van der Waals surface area (Å²) in [6.45, 7) is 13.0. The van der Waals surface area contributed by atoms with E-state index in [2.05, 4.69) is 47.4 Å². The van der Waals surface area contributed by atoms with E-state index in [0.29, 0.717) is 19.2 Å². The lowest BCUT2D eigenvalue weighted by atomic mass is 10.2. The van der Waals surface area contributed by atoms with E-state index in [1.165, 1.54) is 0 Å². The topological polar surface area (TPSA) is 58.1 Å². The normalized spacial score (nSPS) is 15.5. The van der Waals surface area contributed by atoms with Crippen LogP contribution in [0.15, 0.2) is 29.3 Å². The quantitative estimate of drug-likeness (QED) is 0.343. The van der Waals surface area contributed by atoms with Gasteiger partial charge < -0.3 is 20.1 Å². The first-order chi connectivity index (χ1) is 12.2. The van der Waals surface area contributed by atoms with E-state index >= 15 is 0 Å². The molecule has 0 atom stereocenters. The summed E-state index contributed by atoms with van der Waals surface area (Å²) in [7, 11) is 0. The van der Waals surface area contributed by atoms with Crippen LogP contribution in [0.2, 0.25) is 0 Å². The van der Waals surface area contributed by atoms with Crippen molar-refractivity contribution >= 4 is 29.9 Å². The van der Waals surface area contributed by atoms with Crippen LogP contribution in [-0.2, 0) is 11.3 Å². The van der Waals surface area contributed by atoms with Crippen molar-refractivity contribution in [3.63, 3.8) is 0 Å². The molecule has 1 aromatic rings. The van der Waals surface area contributed by atoms with Gasteiger partial charge in [0, 0.05) is 37.8 Å². The predicted molar refractivity (Wildman–Crippen MR) is 118 cm³/mol. The van der Waals surface area contributed by atoms with E-state index in [1.54, 1.807) is 0 Å². The number of nitrogens with one attached hydrogen (secondary N) is 2. The van der Waals surface area contributed by atoms with Gasteiger partial charge in [-0.25, -0.2) is 4.99 Å². The van der Waals surface area contributed by atoms with E-state index in [-0.39, 0.29) is 24.0 Å². The van der Waals surface area contributed by atoms with Crippen molar-refractivity contribution in [3.8, 4) is 5.75 Å². The maximum Gasteiger partial charge on any atom is 0.191 e. The number of halogens is 1. The van der Waals surface area contributed by atoms with Crippen molar-refractivity contribution in [2.24, 2.45) is 4.99 Å². The van der Waals surface area contributed by atoms with E-state index in [4.69, 9.17) is 9.47 Å².